The molecule has 1 amide bonds. The largest absolute Gasteiger partial charge is 0.491 e. The summed E-state index contributed by atoms with van der Waals surface area (Å²) in [5, 5.41) is 6.06. The summed E-state index contributed by atoms with van der Waals surface area (Å²) in [6.45, 7) is 5.22. The van der Waals surface area contributed by atoms with Gasteiger partial charge in [0.1, 0.15) is 18.4 Å². The number of carbonyl (C=O) groups excluding carboxylic acids is 1. The number of hydrogen-bond acceptors (Lipinski definition) is 5. The monoisotopic (exact) mass is 344 g/mol. The fourth-order valence-corrected chi connectivity index (χ4v) is 2.22. The number of halogens is 1. The molecule has 2 rings (SSSR count). The third kappa shape index (κ3) is 6.35. The summed E-state index contributed by atoms with van der Waals surface area (Å²) in [7, 11) is 1.64. The van der Waals surface area contributed by atoms with Gasteiger partial charge in [-0.3, -0.25) is 4.79 Å². The number of rotatable bonds is 7. The second-order valence-corrected chi connectivity index (χ2v) is 5.25. The van der Waals surface area contributed by atoms with Crippen LogP contribution in [0.5, 0.6) is 5.75 Å². The van der Waals surface area contributed by atoms with Gasteiger partial charge in [0, 0.05) is 25.8 Å². The molecule has 1 atom stereocenters. The Bertz CT molecular complexity index is 493. The molecule has 7 heteroatoms. The molecule has 1 unspecified atom stereocenters. The van der Waals surface area contributed by atoms with E-state index in [0.29, 0.717) is 39.5 Å². The summed E-state index contributed by atoms with van der Waals surface area (Å²) in [4.78, 5) is 12.1. The molecule has 1 aliphatic heterocycles. The van der Waals surface area contributed by atoms with Crippen molar-refractivity contribution in [1.29, 1.82) is 0 Å². The molecule has 23 heavy (non-hydrogen) atoms. The van der Waals surface area contributed by atoms with Gasteiger partial charge in [0.15, 0.2) is 0 Å². The first-order valence-electron chi connectivity index (χ1n) is 7.51. The number of aryl methyl sites for hydroxylation is 1. The van der Waals surface area contributed by atoms with E-state index in [-0.39, 0.29) is 24.4 Å². The molecule has 0 spiro atoms. The topological polar surface area (TPSA) is 68.8 Å². The van der Waals surface area contributed by atoms with Gasteiger partial charge in [-0.25, -0.2) is 0 Å². The highest BCUT2D eigenvalue weighted by atomic mass is 35.5. The summed E-state index contributed by atoms with van der Waals surface area (Å²) in [6.07, 6.45) is 0. The number of methoxy groups -OCH3 is 1. The van der Waals surface area contributed by atoms with Crippen LogP contribution in [0.15, 0.2) is 18.2 Å². The van der Waals surface area contributed by atoms with Crippen molar-refractivity contribution < 1.29 is 19.0 Å². The highest BCUT2D eigenvalue weighted by molar-refractivity contribution is 5.85. The zero-order valence-electron chi connectivity index (χ0n) is 13.6. The van der Waals surface area contributed by atoms with Crippen LogP contribution >= 0.6 is 12.4 Å². The number of carbonyl (C=O) groups is 1. The van der Waals surface area contributed by atoms with E-state index in [1.165, 1.54) is 0 Å². The van der Waals surface area contributed by atoms with Gasteiger partial charge in [-0.15, -0.1) is 12.4 Å². The van der Waals surface area contributed by atoms with Gasteiger partial charge in [-0.05, 0) is 18.6 Å². The van der Waals surface area contributed by atoms with E-state index in [1.54, 1.807) is 7.11 Å². The summed E-state index contributed by atoms with van der Waals surface area (Å²) in [5.41, 5.74) is 2.07. The molecular formula is C16H25ClN2O4. The molecule has 1 aromatic rings. The van der Waals surface area contributed by atoms with E-state index in [2.05, 4.69) is 10.6 Å². The van der Waals surface area contributed by atoms with Gasteiger partial charge < -0.3 is 24.8 Å². The SMILES string of the molecule is COCCOc1cc(C)ccc1CNC(=O)C1COCCN1.Cl. The molecule has 1 saturated heterocycles. The standard InChI is InChI=1S/C16H24N2O4.ClH/c1-12-3-4-13(15(9-12)22-8-7-20-2)10-18-16(19)14-11-21-6-5-17-14;/h3-4,9,14,17H,5-8,10-11H2,1-2H3,(H,18,19);1H. The maximum Gasteiger partial charge on any atom is 0.239 e. The first-order chi connectivity index (χ1) is 10.7. The van der Waals surface area contributed by atoms with Crippen LogP contribution in [0.25, 0.3) is 0 Å². The molecule has 6 nitrogen and oxygen atoms in total. The molecule has 1 fully saturated rings. The van der Waals surface area contributed by atoms with Crippen molar-refractivity contribution in [1.82, 2.24) is 10.6 Å². The van der Waals surface area contributed by atoms with Crippen LogP contribution in [0.2, 0.25) is 0 Å². The second kappa shape index (κ2) is 10.4. The molecule has 1 aliphatic rings. The third-order valence-corrected chi connectivity index (χ3v) is 3.46. The van der Waals surface area contributed by atoms with Crippen molar-refractivity contribution in [3.63, 3.8) is 0 Å². The van der Waals surface area contributed by atoms with Crippen LogP contribution in [0.3, 0.4) is 0 Å². The lowest BCUT2D eigenvalue weighted by Gasteiger charge is -2.23. The molecule has 0 bridgehead atoms. The van der Waals surface area contributed by atoms with Gasteiger partial charge in [0.2, 0.25) is 5.91 Å². The minimum Gasteiger partial charge on any atom is -0.491 e. The Morgan fingerprint density at radius 3 is 2.96 bits per heavy atom. The van der Waals surface area contributed by atoms with E-state index in [4.69, 9.17) is 14.2 Å². The normalized spacial score (nSPS) is 17.2. The van der Waals surface area contributed by atoms with Crippen LogP contribution in [0.4, 0.5) is 0 Å². The van der Waals surface area contributed by atoms with E-state index in [0.717, 1.165) is 16.9 Å². The highest BCUT2D eigenvalue weighted by Gasteiger charge is 2.21. The van der Waals surface area contributed by atoms with E-state index in [9.17, 15) is 4.79 Å². The second-order valence-electron chi connectivity index (χ2n) is 5.25. The quantitative estimate of drug-likeness (QED) is 0.724. The van der Waals surface area contributed by atoms with E-state index in [1.807, 2.05) is 25.1 Å². The predicted molar refractivity (Wildman–Crippen MR) is 90.3 cm³/mol. The van der Waals surface area contributed by atoms with Crippen LogP contribution in [-0.4, -0.2) is 52.0 Å². The number of ether oxygens (including phenoxy) is 3. The summed E-state index contributed by atoms with van der Waals surface area (Å²) in [6, 6.07) is 5.67. The molecule has 0 aromatic heterocycles. The van der Waals surface area contributed by atoms with Crippen molar-refractivity contribution >= 4 is 18.3 Å². The molecule has 0 radical (unpaired) electrons. The number of amides is 1. The summed E-state index contributed by atoms with van der Waals surface area (Å²) in [5.74, 6) is 0.730. The Balaban J connectivity index is 0.00000264. The molecule has 2 N–H and O–H groups in total. The van der Waals surface area contributed by atoms with Crippen molar-refractivity contribution in [2.24, 2.45) is 0 Å². The van der Waals surface area contributed by atoms with Crippen molar-refractivity contribution in [3.05, 3.63) is 29.3 Å². The number of benzene rings is 1. The molecule has 130 valence electrons. The van der Waals surface area contributed by atoms with Crippen LogP contribution in [0.1, 0.15) is 11.1 Å². The van der Waals surface area contributed by atoms with Crippen molar-refractivity contribution in [2.45, 2.75) is 19.5 Å². The van der Waals surface area contributed by atoms with Crippen LogP contribution in [0, 0.1) is 6.92 Å². The van der Waals surface area contributed by atoms with Gasteiger partial charge in [0.25, 0.3) is 0 Å². The Labute approximate surface area is 143 Å². The lowest BCUT2D eigenvalue weighted by Crippen LogP contribution is -2.51. The first-order valence-corrected chi connectivity index (χ1v) is 7.51. The lowest BCUT2D eigenvalue weighted by atomic mass is 10.1. The Morgan fingerprint density at radius 1 is 1.43 bits per heavy atom. The molecule has 0 saturated carbocycles. The van der Waals surface area contributed by atoms with E-state index < -0.39 is 0 Å². The average Bonchev–Trinajstić information content (AvgIpc) is 2.55. The van der Waals surface area contributed by atoms with Gasteiger partial charge in [-0.1, -0.05) is 12.1 Å². The minimum absolute atomic E-state index is 0. The zero-order valence-corrected chi connectivity index (χ0v) is 14.4. The van der Waals surface area contributed by atoms with Gasteiger partial charge >= 0.3 is 0 Å². The minimum atomic E-state index is -0.281. The van der Waals surface area contributed by atoms with Gasteiger partial charge in [-0.2, -0.15) is 0 Å². The number of morpholine rings is 1. The Morgan fingerprint density at radius 2 is 2.26 bits per heavy atom. The third-order valence-electron chi connectivity index (χ3n) is 3.46. The van der Waals surface area contributed by atoms with Crippen molar-refractivity contribution in [3.8, 4) is 5.75 Å². The maximum atomic E-state index is 12.1. The molecular weight excluding hydrogens is 320 g/mol. The van der Waals surface area contributed by atoms with Crippen molar-refractivity contribution in [2.75, 3.05) is 40.1 Å². The fraction of sp³-hybridized carbons (Fsp3) is 0.562. The first kappa shape index (κ1) is 19.7. The highest BCUT2D eigenvalue weighted by Crippen LogP contribution is 2.20. The van der Waals surface area contributed by atoms with Gasteiger partial charge in [0.05, 0.1) is 19.8 Å². The fourth-order valence-electron chi connectivity index (χ4n) is 2.22. The molecule has 1 heterocycles. The molecule has 1 aromatic carbocycles. The lowest BCUT2D eigenvalue weighted by molar-refractivity contribution is -0.126. The van der Waals surface area contributed by atoms with Crippen LogP contribution < -0.4 is 15.4 Å². The Hall–Kier alpha value is -1.34. The Kier molecular flexibility index (Phi) is 8.94. The number of nitrogens with one attached hydrogen (secondary N) is 2. The smallest absolute Gasteiger partial charge is 0.239 e. The number of hydrogen-bond donors (Lipinski definition) is 2. The predicted octanol–water partition coefficient (Wildman–Crippen LogP) is 1.05. The van der Waals surface area contributed by atoms with E-state index >= 15 is 0 Å². The average molecular weight is 345 g/mol. The van der Waals surface area contributed by atoms with Crippen LogP contribution in [-0.2, 0) is 20.8 Å². The summed E-state index contributed by atoms with van der Waals surface area (Å²) >= 11 is 0. The maximum absolute atomic E-state index is 12.1. The summed E-state index contributed by atoms with van der Waals surface area (Å²) < 4.78 is 16.0. The zero-order chi connectivity index (χ0) is 15.8. The molecule has 0 aliphatic carbocycles.